The molecule has 1 aliphatic carbocycles. The average Bonchev–Trinajstić information content (AvgIpc) is 2.74. The van der Waals surface area contributed by atoms with E-state index in [-0.39, 0.29) is 5.54 Å². The molecule has 88 valence electrons. The first kappa shape index (κ1) is 10.3. The minimum atomic E-state index is -0.194. The lowest BCUT2D eigenvalue weighted by Gasteiger charge is -2.33. The maximum Gasteiger partial charge on any atom is 0.153 e. The van der Waals surface area contributed by atoms with Crippen molar-refractivity contribution in [3.8, 4) is 0 Å². The quantitative estimate of drug-likeness (QED) is 0.784. The molecule has 3 rings (SSSR count). The van der Waals surface area contributed by atoms with Crippen LogP contribution in [0.1, 0.15) is 56.6 Å². The monoisotopic (exact) mass is 220 g/mol. The number of aromatic nitrogens is 3. The Hall–Kier alpha value is -0.900. The Morgan fingerprint density at radius 3 is 2.62 bits per heavy atom. The first-order valence-corrected chi connectivity index (χ1v) is 6.51. The van der Waals surface area contributed by atoms with Crippen LogP contribution in [0.5, 0.6) is 0 Å². The van der Waals surface area contributed by atoms with E-state index in [1.54, 1.807) is 0 Å². The van der Waals surface area contributed by atoms with E-state index in [9.17, 15) is 0 Å². The molecule has 4 heteroatoms. The number of hydrogen-bond acceptors (Lipinski definition) is 3. The Morgan fingerprint density at radius 2 is 1.81 bits per heavy atom. The fourth-order valence-corrected chi connectivity index (χ4v) is 3.08. The lowest BCUT2D eigenvalue weighted by molar-refractivity contribution is 0.273. The predicted molar refractivity (Wildman–Crippen MR) is 61.9 cm³/mol. The average molecular weight is 220 g/mol. The van der Waals surface area contributed by atoms with E-state index < -0.39 is 0 Å². The number of hydrogen-bond donors (Lipinski definition) is 1. The molecule has 0 atom stereocenters. The van der Waals surface area contributed by atoms with Gasteiger partial charge in [0.05, 0.1) is 5.54 Å². The van der Waals surface area contributed by atoms with Crippen molar-refractivity contribution in [2.24, 2.45) is 5.73 Å². The number of fused-ring (bicyclic) bond motifs is 1. The molecule has 0 saturated heterocycles. The van der Waals surface area contributed by atoms with Crippen molar-refractivity contribution in [1.29, 1.82) is 0 Å². The Morgan fingerprint density at radius 1 is 1.00 bits per heavy atom. The van der Waals surface area contributed by atoms with Gasteiger partial charge in [0.2, 0.25) is 0 Å². The second kappa shape index (κ2) is 3.84. The summed E-state index contributed by atoms with van der Waals surface area (Å²) in [5.41, 5.74) is 6.33. The summed E-state index contributed by atoms with van der Waals surface area (Å²) in [5.74, 6) is 2.21. The molecule has 16 heavy (non-hydrogen) atoms. The number of nitrogens with two attached hydrogens (primary N) is 1. The van der Waals surface area contributed by atoms with Crippen LogP contribution in [0.2, 0.25) is 0 Å². The molecule has 1 aromatic rings. The van der Waals surface area contributed by atoms with E-state index in [2.05, 4.69) is 14.8 Å². The highest BCUT2D eigenvalue weighted by atomic mass is 15.3. The summed E-state index contributed by atoms with van der Waals surface area (Å²) in [7, 11) is 0. The maximum absolute atomic E-state index is 6.53. The standard InChI is InChI=1S/C12H20N4/c13-12(7-3-1-4-8-12)11-15-14-10-6-2-5-9-16(10)11/h1-9,13H2. The van der Waals surface area contributed by atoms with Crippen LogP contribution in [0.4, 0.5) is 0 Å². The van der Waals surface area contributed by atoms with Crippen molar-refractivity contribution in [2.45, 2.75) is 63.5 Å². The van der Waals surface area contributed by atoms with Crippen LogP contribution in [0.15, 0.2) is 0 Å². The molecule has 0 bridgehead atoms. The van der Waals surface area contributed by atoms with Gasteiger partial charge in [0.25, 0.3) is 0 Å². The summed E-state index contributed by atoms with van der Waals surface area (Å²) in [6, 6.07) is 0. The predicted octanol–water partition coefficient (Wildman–Crippen LogP) is 1.73. The van der Waals surface area contributed by atoms with Crippen molar-refractivity contribution in [1.82, 2.24) is 14.8 Å². The highest BCUT2D eigenvalue weighted by Crippen LogP contribution is 2.34. The zero-order valence-corrected chi connectivity index (χ0v) is 9.78. The van der Waals surface area contributed by atoms with Gasteiger partial charge in [-0.3, -0.25) is 0 Å². The van der Waals surface area contributed by atoms with Gasteiger partial charge in [-0.15, -0.1) is 10.2 Å². The molecule has 1 fully saturated rings. The fraction of sp³-hybridized carbons (Fsp3) is 0.833. The Labute approximate surface area is 96.2 Å². The normalized spacial score (nSPS) is 24.1. The molecule has 4 nitrogen and oxygen atoms in total. The molecule has 0 unspecified atom stereocenters. The highest BCUT2D eigenvalue weighted by molar-refractivity contribution is 5.11. The summed E-state index contributed by atoms with van der Waals surface area (Å²) < 4.78 is 2.29. The van der Waals surface area contributed by atoms with Crippen molar-refractivity contribution < 1.29 is 0 Å². The fourth-order valence-electron chi connectivity index (χ4n) is 3.08. The van der Waals surface area contributed by atoms with E-state index in [4.69, 9.17) is 5.73 Å². The highest BCUT2D eigenvalue weighted by Gasteiger charge is 2.35. The first-order valence-electron chi connectivity index (χ1n) is 6.51. The van der Waals surface area contributed by atoms with Crippen molar-refractivity contribution >= 4 is 0 Å². The van der Waals surface area contributed by atoms with Crippen LogP contribution in [0, 0.1) is 0 Å². The van der Waals surface area contributed by atoms with Gasteiger partial charge >= 0.3 is 0 Å². The van der Waals surface area contributed by atoms with E-state index in [1.807, 2.05) is 0 Å². The van der Waals surface area contributed by atoms with Gasteiger partial charge in [-0.1, -0.05) is 19.3 Å². The molecule has 0 aromatic carbocycles. The van der Waals surface area contributed by atoms with E-state index in [0.29, 0.717) is 0 Å². The van der Waals surface area contributed by atoms with Crippen LogP contribution in [-0.4, -0.2) is 14.8 Å². The van der Waals surface area contributed by atoms with Gasteiger partial charge in [0, 0.05) is 13.0 Å². The van der Waals surface area contributed by atoms with Gasteiger partial charge in [0.15, 0.2) is 5.82 Å². The summed E-state index contributed by atoms with van der Waals surface area (Å²) in [6.07, 6.45) is 9.50. The molecular weight excluding hydrogens is 200 g/mol. The molecule has 0 radical (unpaired) electrons. The van der Waals surface area contributed by atoms with Gasteiger partial charge in [-0.2, -0.15) is 0 Å². The second-order valence-electron chi connectivity index (χ2n) is 5.27. The number of aryl methyl sites for hydroxylation is 1. The third-order valence-corrected chi connectivity index (χ3v) is 4.05. The van der Waals surface area contributed by atoms with Gasteiger partial charge in [-0.05, 0) is 25.7 Å². The third-order valence-electron chi connectivity index (χ3n) is 4.05. The maximum atomic E-state index is 6.53. The van der Waals surface area contributed by atoms with Crippen molar-refractivity contribution in [3.05, 3.63) is 11.6 Å². The molecule has 2 aliphatic rings. The van der Waals surface area contributed by atoms with Crippen LogP contribution in [-0.2, 0) is 18.5 Å². The van der Waals surface area contributed by atoms with E-state index >= 15 is 0 Å². The Bertz CT molecular complexity index is 376. The van der Waals surface area contributed by atoms with Crippen LogP contribution >= 0.6 is 0 Å². The number of nitrogens with zero attached hydrogens (tertiary/aromatic N) is 3. The zero-order valence-electron chi connectivity index (χ0n) is 9.78. The minimum Gasteiger partial charge on any atom is -0.319 e. The van der Waals surface area contributed by atoms with E-state index in [0.717, 1.165) is 37.5 Å². The summed E-state index contributed by atoms with van der Waals surface area (Å²) >= 11 is 0. The van der Waals surface area contributed by atoms with Crippen LogP contribution in [0.3, 0.4) is 0 Å². The molecule has 1 aromatic heterocycles. The minimum absolute atomic E-state index is 0.194. The molecule has 1 saturated carbocycles. The topological polar surface area (TPSA) is 56.7 Å². The summed E-state index contributed by atoms with van der Waals surface area (Å²) in [6.45, 7) is 1.07. The molecule has 1 aliphatic heterocycles. The van der Waals surface area contributed by atoms with Crippen LogP contribution in [0.25, 0.3) is 0 Å². The largest absolute Gasteiger partial charge is 0.319 e. The molecule has 2 heterocycles. The van der Waals surface area contributed by atoms with E-state index in [1.165, 1.54) is 32.1 Å². The third kappa shape index (κ3) is 1.56. The Balaban J connectivity index is 1.95. The van der Waals surface area contributed by atoms with Gasteiger partial charge < -0.3 is 10.3 Å². The number of rotatable bonds is 1. The SMILES string of the molecule is NC1(c2nnc3n2CCCC3)CCCCC1. The van der Waals surface area contributed by atoms with Gasteiger partial charge in [-0.25, -0.2) is 0 Å². The zero-order chi connectivity index (χ0) is 11.0. The molecule has 0 spiro atoms. The lowest BCUT2D eigenvalue weighted by Crippen LogP contribution is -2.41. The van der Waals surface area contributed by atoms with Crippen molar-refractivity contribution in [2.75, 3.05) is 0 Å². The lowest BCUT2D eigenvalue weighted by atomic mass is 9.82. The molecular formula is C12H20N4. The molecule has 0 amide bonds. The van der Waals surface area contributed by atoms with Gasteiger partial charge in [0.1, 0.15) is 5.82 Å². The van der Waals surface area contributed by atoms with Crippen molar-refractivity contribution in [3.63, 3.8) is 0 Å². The van der Waals surface area contributed by atoms with Crippen LogP contribution < -0.4 is 5.73 Å². The first-order chi connectivity index (χ1) is 7.80. The smallest absolute Gasteiger partial charge is 0.153 e. The summed E-state index contributed by atoms with van der Waals surface area (Å²) in [5, 5.41) is 8.69. The Kier molecular flexibility index (Phi) is 2.46. The second-order valence-corrected chi connectivity index (χ2v) is 5.27. The summed E-state index contributed by atoms with van der Waals surface area (Å²) in [4.78, 5) is 0. The molecule has 2 N–H and O–H groups in total.